The number of carbonyl (C=O) groups is 1. The smallest absolute Gasteiger partial charge is 0.244 e. The number of amides is 1. The number of nitrogens with zero attached hydrogens (tertiary/aromatic N) is 8. The van der Waals surface area contributed by atoms with E-state index < -0.39 is 0 Å². The molecule has 0 N–H and O–H groups in total. The molecule has 0 aliphatic carbocycles. The van der Waals surface area contributed by atoms with E-state index in [4.69, 9.17) is 11.6 Å². The van der Waals surface area contributed by atoms with Crippen LogP contribution >= 0.6 is 11.6 Å². The third-order valence-electron chi connectivity index (χ3n) is 4.20. The van der Waals surface area contributed by atoms with Gasteiger partial charge in [0, 0.05) is 36.6 Å². The number of benzene rings is 1. The first-order valence-electron chi connectivity index (χ1n) is 7.84. The molecule has 0 unspecified atom stereocenters. The fraction of sp³-hybridized carbons (Fsp3) is 0.333. The predicted octanol–water partition coefficient (Wildman–Crippen LogP) is 0.619. The zero-order valence-electron chi connectivity index (χ0n) is 13.3. The van der Waals surface area contributed by atoms with Gasteiger partial charge in [0.15, 0.2) is 0 Å². The van der Waals surface area contributed by atoms with Crippen molar-refractivity contribution in [2.45, 2.75) is 6.54 Å². The molecule has 10 heteroatoms. The fourth-order valence-corrected chi connectivity index (χ4v) is 3.09. The maximum atomic E-state index is 12.3. The molecule has 3 heterocycles. The normalized spacial score (nSPS) is 14.9. The maximum absolute atomic E-state index is 12.3. The first kappa shape index (κ1) is 15.7. The van der Waals surface area contributed by atoms with E-state index in [0.29, 0.717) is 31.2 Å². The molecule has 25 heavy (non-hydrogen) atoms. The topological polar surface area (TPSA) is 92.9 Å². The number of piperazine rings is 1. The SMILES string of the molecule is O=C(Cn1cnnn1)N1CCN(c2ncnc3cc(Cl)ccc23)CC1. The average Bonchev–Trinajstić information content (AvgIpc) is 3.14. The molecule has 1 fully saturated rings. The molecule has 1 aliphatic rings. The highest BCUT2D eigenvalue weighted by Gasteiger charge is 2.23. The van der Waals surface area contributed by atoms with Crippen molar-refractivity contribution >= 4 is 34.2 Å². The van der Waals surface area contributed by atoms with E-state index in [9.17, 15) is 4.79 Å². The van der Waals surface area contributed by atoms with Gasteiger partial charge in [-0.15, -0.1) is 5.10 Å². The summed E-state index contributed by atoms with van der Waals surface area (Å²) in [5.74, 6) is 0.875. The first-order chi connectivity index (χ1) is 12.2. The molecule has 4 rings (SSSR count). The summed E-state index contributed by atoms with van der Waals surface area (Å²) in [6.45, 7) is 2.81. The molecule has 1 aromatic carbocycles. The lowest BCUT2D eigenvalue weighted by molar-refractivity contribution is -0.132. The van der Waals surface area contributed by atoms with Crippen molar-refractivity contribution in [2.75, 3.05) is 31.1 Å². The summed E-state index contributed by atoms with van der Waals surface area (Å²) in [6.07, 6.45) is 2.98. The zero-order chi connectivity index (χ0) is 17.2. The highest BCUT2D eigenvalue weighted by atomic mass is 35.5. The van der Waals surface area contributed by atoms with Gasteiger partial charge in [-0.25, -0.2) is 14.6 Å². The van der Waals surface area contributed by atoms with Crippen molar-refractivity contribution < 1.29 is 4.79 Å². The van der Waals surface area contributed by atoms with E-state index in [-0.39, 0.29) is 12.5 Å². The summed E-state index contributed by atoms with van der Waals surface area (Å²) >= 11 is 6.03. The molecule has 128 valence electrons. The Kier molecular flexibility index (Phi) is 4.14. The van der Waals surface area contributed by atoms with Gasteiger partial charge in [-0.2, -0.15) is 0 Å². The van der Waals surface area contributed by atoms with Gasteiger partial charge in [0.25, 0.3) is 0 Å². The lowest BCUT2D eigenvalue weighted by atomic mass is 10.2. The summed E-state index contributed by atoms with van der Waals surface area (Å²) in [4.78, 5) is 25.0. The van der Waals surface area contributed by atoms with Crippen molar-refractivity contribution in [3.05, 3.63) is 35.9 Å². The Bertz CT molecular complexity index is 892. The zero-order valence-corrected chi connectivity index (χ0v) is 14.0. The molecule has 0 bridgehead atoms. The largest absolute Gasteiger partial charge is 0.352 e. The van der Waals surface area contributed by atoms with Crippen molar-refractivity contribution in [3.8, 4) is 0 Å². The molecular formula is C15H15ClN8O. The monoisotopic (exact) mass is 358 g/mol. The van der Waals surface area contributed by atoms with E-state index in [1.54, 1.807) is 6.33 Å². The lowest BCUT2D eigenvalue weighted by Gasteiger charge is -2.35. The maximum Gasteiger partial charge on any atom is 0.244 e. The third-order valence-corrected chi connectivity index (χ3v) is 4.43. The molecule has 1 saturated heterocycles. The summed E-state index contributed by atoms with van der Waals surface area (Å²) in [5.41, 5.74) is 0.815. The molecule has 2 aromatic heterocycles. The summed E-state index contributed by atoms with van der Waals surface area (Å²) in [6, 6.07) is 5.60. The Labute approximate surface area is 148 Å². The summed E-state index contributed by atoms with van der Waals surface area (Å²) < 4.78 is 1.43. The second-order valence-electron chi connectivity index (χ2n) is 5.73. The van der Waals surface area contributed by atoms with Crippen LogP contribution in [0.25, 0.3) is 10.9 Å². The Balaban J connectivity index is 1.46. The van der Waals surface area contributed by atoms with Crippen LogP contribution in [0.15, 0.2) is 30.9 Å². The van der Waals surface area contributed by atoms with Crippen molar-refractivity contribution in [1.29, 1.82) is 0 Å². The molecule has 0 radical (unpaired) electrons. The molecular weight excluding hydrogens is 344 g/mol. The number of hydrogen-bond donors (Lipinski definition) is 0. The van der Waals surface area contributed by atoms with E-state index >= 15 is 0 Å². The average molecular weight is 359 g/mol. The molecule has 1 aliphatic heterocycles. The van der Waals surface area contributed by atoms with Crippen LogP contribution in [0.2, 0.25) is 5.02 Å². The van der Waals surface area contributed by atoms with Crippen molar-refractivity contribution in [1.82, 2.24) is 35.1 Å². The minimum Gasteiger partial charge on any atom is -0.352 e. The lowest BCUT2D eigenvalue weighted by Crippen LogP contribution is -2.50. The Morgan fingerprint density at radius 2 is 2.00 bits per heavy atom. The van der Waals surface area contributed by atoms with Crippen LogP contribution in [0.3, 0.4) is 0 Å². The fourth-order valence-electron chi connectivity index (χ4n) is 2.93. The summed E-state index contributed by atoms with van der Waals surface area (Å²) in [5, 5.41) is 12.4. The Morgan fingerprint density at radius 3 is 2.76 bits per heavy atom. The minimum absolute atomic E-state index is 0.00581. The number of anilines is 1. The third kappa shape index (κ3) is 3.22. The van der Waals surface area contributed by atoms with Crippen LogP contribution in [-0.4, -0.2) is 67.2 Å². The van der Waals surface area contributed by atoms with Gasteiger partial charge in [0.1, 0.15) is 25.0 Å². The predicted molar refractivity (Wildman–Crippen MR) is 91.2 cm³/mol. The van der Waals surface area contributed by atoms with Gasteiger partial charge >= 0.3 is 0 Å². The number of halogens is 1. The van der Waals surface area contributed by atoms with Gasteiger partial charge in [-0.3, -0.25) is 4.79 Å². The number of carbonyl (C=O) groups excluding carboxylic acids is 1. The highest BCUT2D eigenvalue weighted by molar-refractivity contribution is 6.31. The van der Waals surface area contributed by atoms with Crippen LogP contribution in [0.4, 0.5) is 5.82 Å². The van der Waals surface area contributed by atoms with Crippen LogP contribution < -0.4 is 4.90 Å². The van der Waals surface area contributed by atoms with Crippen LogP contribution in [-0.2, 0) is 11.3 Å². The van der Waals surface area contributed by atoms with Gasteiger partial charge in [-0.1, -0.05) is 11.6 Å². The number of rotatable bonds is 3. The molecule has 0 atom stereocenters. The van der Waals surface area contributed by atoms with Gasteiger partial charge in [0.05, 0.1) is 5.52 Å². The molecule has 9 nitrogen and oxygen atoms in total. The van der Waals surface area contributed by atoms with E-state index in [2.05, 4.69) is 30.4 Å². The van der Waals surface area contributed by atoms with E-state index in [0.717, 1.165) is 16.7 Å². The number of aromatic nitrogens is 6. The number of fused-ring (bicyclic) bond motifs is 1. The second kappa shape index (κ2) is 6.60. The molecule has 3 aromatic rings. The minimum atomic E-state index is 0.00581. The Morgan fingerprint density at radius 1 is 1.16 bits per heavy atom. The van der Waals surface area contributed by atoms with Gasteiger partial charge < -0.3 is 9.80 Å². The highest BCUT2D eigenvalue weighted by Crippen LogP contribution is 2.26. The Hall–Kier alpha value is -2.81. The van der Waals surface area contributed by atoms with Crippen molar-refractivity contribution in [3.63, 3.8) is 0 Å². The standard InChI is InChI=1S/C15H15ClN8O/c16-11-1-2-12-13(7-11)17-9-18-15(12)23-5-3-22(4-6-23)14(25)8-24-10-19-20-21-24/h1-2,7,9-10H,3-6,8H2. The quantitative estimate of drug-likeness (QED) is 0.677. The van der Waals surface area contributed by atoms with E-state index in [1.807, 2.05) is 23.1 Å². The number of hydrogen-bond acceptors (Lipinski definition) is 7. The van der Waals surface area contributed by atoms with Gasteiger partial charge in [-0.05, 0) is 28.6 Å². The second-order valence-corrected chi connectivity index (χ2v) is 6.17. The van der Waals surface area contributed by atoms with Crippen LogP contribution in [0.5, 0.6) is 0 Å². The van der Waals surface area contributed by atoms with E-state index in [1.165, 1.54) is 11.0 Å². The van der Waals surface area contributed by atoms with Gasteiger partial charge in [0.2, 0.25) is 5.91 Å². The molecule has 0 spiro atoms. The molecule has 0 saturated carbocycles. The van der Waals surface area contributed by atoms with Crippen LogP contribution in [0, 0.1) is 0 Å². The van der Waals surface area contributed by atoms with Crippen LogP contribution in [0.1, 0.15) is 0 Å². The first-order valence-corrected chi connectivity index (χ1v) is 8.22. The molecule has 1 amide bonds. The van der Waals surface area contributed by atoms with Crippen molar-refractivity contribution in [2.24, 2.45) is 0 Å². The number of tetrazole rings is 1. The summed E-state index contributed by atoms with van der Waals surface area (Å²) in [7, 11) is 0.